The van der Waals surface area contributed by atoms with Gasteiger partial charge in [-0.3, -0.25) is 14.3 Å². The van der Waals surface area contributed by atoms with E-state index in [1.807, 2.05) is 0 Å². The van der Waals surface area contributed by atoms with Gasteiger partial charge in [0.05, 0.1) is 0 Å². The standard InChI is InChI=1S/C10H14Cl2N2O2/c1-7(2-4-11)3-5-14-6-8(12)9(15)13-10(14)16/h6-7H,2-5H2,1H3,(H,13,15,16). The van der Waals surface area contributed by atoms with Gasteiger partial charge in [-0.1, -0.05) is 18.5 Å². The van der Waals surface area contributed by atoms with Gasteiger partial charge in [-0.15, -0.1) is 11.6 Å². The highest BCUT2D eigenvalue weighted by Crippen LogP contribution is 2.09. The van der Waals surface area contributed by atoms with Crippen LogP contribution in [0.2, 0.25) is 5.02 Å². The van der Waals surface area contributed by atoms with E-state index >= 15 is 0 Å². The fraction of sp³-hybridized carbons (Fsp3) is 0.600. The Morgan fingerprint density at radius 3 is 2.75 bits per heavy atom. The van der Waals surface area contributed by atoms with Crippen LogP contribution in [0.3, 0.4) is 0 Å². The molecule has 0 saturated carbocycles. The molecule has 1 aromatic rings. The van der Waals surface area contributed by atoms with Crippen LogP contribution in [0, 0.1) is 5.92 Å². The van der Waals surface area contributed by atoms with Crippen molar-refractivity contribution in [2.45, 2.75) is 26.3 Å². The predicted molar refractivity (Wildman–Crippen MR) is 65.5 cm³/mol. The Morgan fingerprint density at radius 2 is 2.12 bits per heavy atom. The van der Waals surface area contributed by atoms with Gasteiger partial charge in [0.25, 0.3) is 5.56 Å². The molecular weight excluding hydrogens is 251 g/mol. The van der Waals surface area contributed by atoms with E-state index in [-0.39, 0.29) is 5.02 Å². The molecule has 1 atom stereocenters. The first-order valence-corrected chi connectivity index (χ1v) is 6.01. The second kappa shape index (κ2) is 6.11. The first-order chi connectivity index (χ1) is 7.54. The molecule has 0 radical (unpaired) electrons. The van der Waals surface area contributed by atoms with Crippen molar-refractivity contribution in [1.82, 2.24) is 9.55 Å². The molecule has 6 heteroatoms. The van der Waals surface area contributed by atoms with Gasteiger partial charge in [-0.25, -0.2) is 4.79 Å². The summed E-state index contributed by atoms with van der Waals surface area (Å²) in [5.41, 5.74) is -0.968. The summed E-state index contributed by atoms with van der Waals surface area (Å²) in [4.78, 5) is 24.6. The lowest BCUT2D eigenvalue weighted by Crippen LogP contribution is -2.30. The molecule has 0 amide bonds. The molecule has 0 bridgehead atoms. The largest absolute Gasteiger partial charge is 0.328 e. The highest BCUT2D eigenvalue weighted by Gasteiger charge is 2.05. The topological polar surface area (TPSA) is 54.9 Å². The summed E-state index contributed by atoms with van der Waals surface area (Å²) in [6, 6.07) is 0. The Kier molecular flexibility index (Phi) is 5.09. The van der Waals surface area contributed by atoms with E-state index in [0.717, 1.165) is 12.8 Å². The van der Waals surface area contributed by atoms with Crippen LogP contribution in [-0.4, -0.2) is 15.4 Å². The Hall–Kier alpha value is -0.740. The molecule has 0 fully saturated rings. The minimum Gasteiger partial charge on any atom is -0.299 e. The maximum Gasteiger partial charge on any atom is 0.328 e. The van der Waals surface area contributed by atoms with Gasteiger partial charge in [-0.2, -0.15) is 0 Å². The first kappa shape index (κ1) is 13.3. The monoisotopic (exact) mass is 264 g/mol. The molecule has 1 heterocycles. The van der Waals surface area contributed by atoms with Crippen LogP contribution in [0.1, 0.15) is 19.8 Å². The lowest BCUT2D eigenvalue weighted by molar-refractivity contribution is 0.460. The van der Waals surface area contributed by atoms with Crippen molar-refractivity contribution in [2.24, 2.45) is 5.92 Å². The highest BCUT2D eigenvalue weighted by molar-refractivity contribution is 6.30. The van der Waals surface area contributed by atoms with Crippen molar-refractivity contribution in [2.75, 3.05) is 5.88 Å². The third-order valence-electron chi connectivity index (χ3n) is 2.43. The van der Waals surface area contributed by atoms with Crippen LogP contribution in [0.5, 0.6) is 0 Å². The lowest BCUT2D eigenvalue weighted by atomic mass is 10.1. The van der Waals surface area contributed by atoms with E-state index in [2.05, 4.69) is 11.9 Å². The molecule has 4 nitrogen and oxygen atoms in total. The SMILES string of the molecule is CC(CCCl)CCn1cc(Cl)c(=O)[nH]c1=O. The fourth-order valence-corrected chi connectivity index (χ4v) is 1.88. The number of hydrogen-bond donors (Lipinski definition) is 1. The number of aryl methyl sites for hydroxylation is 1. The third kappa shape index (κ3) is 3.68. The van der Waals surface area contributed by atoms with Gasteiger partial charge in [0.1, 0.15) is 5.02 Å². The molecule has 0 aliphatic heterocycles. The molecule has 0 saturated heterocycles. The lowest BCUT2D eigenvalue weighted by Gasteiger charge is -2.10. The van der Waals surface area contributed by atoms with E-state index in [1.165, 1.54) is 10.8 Å². The van der Waals surface area contributed by atoms with Crippen LogP contribution in [-0.2, 0) is 6.54 Å². The van der Waals surface area contributed by atoms with Crippen LogP contribution in [0.15, 0.2) is 15.8 Å². The van der Waals surface area contributed by atoms with Crippen LogP contribution in [0.25, 0.3) is 0 Å². The summed E-state index contributed by atoms with van der Waals surface area (Å²) in [5, 5.41) is 0.0320. The van der Waals surface area contributed by atoms with E-state index < -0.39 is 11.2 Å². The zero-order valence-electron chi connectivity index (χ0n) is 9.00. The maximum absolute atomic E-state index is 11.4. The zero-order valence-corrected chi connectivity index (χ0v) is 10.5. The van der Waals surface area contributed by atoms with Crippen molar-refractivity contribution in [3.63, 3.8) is 0 Å². The summed E-state index contributed by atoms with van der Waals surface area (Å²) in [6.45, 7) is 2.61. The molecule has 0 spiro atoms. The number of hydrogen-bond acceptors (Lipinski definition) is 2. The number of nitrogens with zero attached hydrogens (tertiary/aromatic N) is 1. The zero-order chi connectivity index (χ0) is 12.1. The number of rotatable bonds is 5. The van der Waals surface area contributed by atoms with Gasteiger partial charge in [0.15, 0.2) is 0 Å². The summed E-state index contributed by atoms with van der Waals surface area (Å²) >= 11 is 11.3. The average molecular weight is 265 g/mol. The smallest absolute Gasteiger partial charge is 0.299 e. The molecule has 1 aromatic heterocycles. The normalized spacial score (nSPS) is 12.7. The van der Waals surface area contributed by atoms with E-state index in [0.29, 0.717) is 18.3 Å². The molecule has 0 aliphatic rings. The van der Waals surface area contributed by atoms with Gasteiger partial charge >= 0.3 is 5.69 Å². The van der Waals surface area contributed by atoms with Crippen molar-refractivity contribution >= 4 is 23.2 Å². The Labute approximate surface area is 103 Å². The first-order valence-electron chi connectivity index (χ1n) is 5.10. The van der Waals surface area contributed by atoms with Gasteiger partial charge in [-0.05, 0) is 18.8 Å². The Bertz CT molecular complexity index is 453. The van der Waals surface area contributed by atoms with Gasteiger partial charge < -0.3 is 0 Å². The van der Waals surface area contributed by atoms with E-state index in [9.17, 15) is 9.59 Å². The Morgan fingerprint density at radius 1 is 1.44 bits per heavy atom. The summed E-state index contributed by atoms with van der Waals surface area (Å²) in [6.07, 6.45) is 3.11. The molecule has 0 aromatic carbocycles. The minimum absolute atomic E-state index is 0.0320. The quantitative estimate of drug-likeness (QED) is 0.826. The predicted octanol–water partition coefficient (Wildman–Crippen LogP) is 1.85. The number of alkyl halides is 1. The molecule has 90 valence electrons. The van der Waals surface area contributed by atoms with Crippen molar-refractivity contribution in [3.8, 4) is 0 Å². The summed E-state index contributed by atoms with van der Waals surface area (Å²) in [5.74, 6) is 1.05. The molecule has 1 rings (SSSR count). The van der Waals surface area contributed by atoms with Crippen molar-refractivity contribution < 1.29 is 0 Å². The number of aromatic amines is 1. The maximum atomic E-state index is 11.4. The van der Waals surface area contributed by atoms with Crippen LogP contribution >= 0.6 is 23.2 Å². The number of nitrogens with one attached hydrogen (secondary N) is 1. The second-order valence-corrected chi connectivity index (χ2v) is 4.59. The van der Waals surface area contributed by atoms with Crippen LogP contribution in [0.4, 0.5) is 0 Å². The second-order valence-electron chi connectivity index (χ2n) is 3.80. The highest BCUT2D eigenvalue weighted by atomic mass is 35.5. The molecular formula is C10H14Cl2N2O2. The van der Waals surface area contributed by atoms with Gasteiger partial charge in [0, 0.05) is 18.6 Å². The third-order valence-corrected chi connectivity index (χ3v) is 2.92. The summed E-state index contributed by atoms with van der Waals surface area (Å²) < 4.78 is 1.41. The number of halogens is 2. The van der Waals surface area contributed by atoms with E-state index in [4.69, 9.17) is 23.2 Å². The fourth-order valence-electron chi connectivity index (χ4n) is 1.34. The van der Waals surface area contributed by atoms with Crippen LogP contribution < -0.4 is 11.2 Å². The average Bonchev–Trinajstić information content (AvgIpc) is 2.22. The van der Waals surface area contributed by atoms with E-state index in [1.54, 1.807) is 0 Å². The van der Waals surface area contributed by atoms with Crippen molar-refractivity contribution in [1.29, 1.82) is 0 Å². The molecule has 0 aliphatic carbocycles. The summed E-state index contributed by atoms with van der Waals surface area (Å²) in [7, 11) is 0. The number of H-pyrrole nitrogens is 1. The molecule has 16 heavy (non-hydrogen) atoms. The minimum atomic E-state index is -0.545. The van der Waals surface area contributed by atoms with Crippen molar-refractivity contribution in [3.05, 3.63) is 32.1 Å². The number of aromatic nitrogens is 2. The molecule has 1 N–H and O–H groups in total. The Balaban J connectivity index is 2.71. The van der Waals surface area contributed by atoms with Gasteiger partial charge in [0.2, 0.25) is 0 Å². The molecule has 1 unspecified atom stereocenters.